The van der Waals surface area contributed by atoms with Crippen LogP contribution < -0.4 is 11.1 Å². The summed E-state index contributed by atoms with van der Waals surface area (Å²) >= 11 is 0. The van der Waals surface area contributed by atoms with Crippen molar-refractivity contribution in [1.82, 2.24) is 4.98 Å². The fourth-order valence-electron chi connectivity index (χ4n) is 2.53. The Labute approximate surface area is 124 Å². The Morgan fingerprint density at radius 2 is 1.81 bits per heavy atom. The van der Waals surface area contributed by atoms with Crippen LogP contribution in [0.3, 0.4) is 0 Å². The largest absolute Gasteiger partial charge is 0.399 e. The molecule has 0 saturated carbocycles. The van der Waals surface area contributed by atoms with Crippen LogP contribution in [0.4, 0.5) is 17.1 Å². The summed E-state index contributed by atoms with van der Waals surface area (Å²) in [5.41, 5.74) is 11.0. The van der Waals surface area contributed by atoms with Crippen molar-refractivity contribution in [2.24, 2.45) is 0 Å². The summed E-state index contributed by atoms with van der Waals surface area (Å²) in [6.45, 7) is 4.40. The van der Waals surface area contributed by atoms with E-state index in [1.807, 2.05) is 30.5 Å². The quantitative estimate of drug-likeness (QED) is 0.683. The first kappa shape index (κ1) is 13.4. The molecule has 2 aromatic carbocycles. The van der Waals surface area contributed by atoms with Gasteiger partial charge in [0.25, 0.3) is 0 Å². The Kier molecular flexibility index (Phi) is 3.48. The van der Waals surface area contributed by atoms with E-state index < -0.39 is 0 Å². The summed E-state index contributed by atoms with van der Waals surface area (Å²) < 4.78 is 0. The lowest BCUT2D eigenvalue weighted by Gasteiger charge is -2.15. The summed E-state index contributed by atoms with van der Waals surface area (Å²) in [5.74, 6) is 0.470. The summed E-state index contributed by atoms with van der Waals surface area (Å²) in [7, 11) is 0. The minimum absolute atomic E-state index is 0.470. The van der Waals surface area contributed by atoms with Crippen LogP contribution in [0.5, 0.6) is 0 Å². The molecule has 3 N–H and O–H groups in total. The molecule has 0 amide bonds. The molecule has 3 heteroatoms. The Balaban J connectivity index is 2.07. The number of benzene rings is 2. The van der Waals surface area contributed by atoms with E-state index in [-0.39, 0.29) is 0 Å². The van der Waals surface area contributed by atoms with Crippen LogP contribution >= 0.6 is 0 Å². The lowest BCUT2D eigenvalue weighted by molar-refractivity contribution is 0.869. The van der Waals surface area contributed by atoms with Gasteiger partial charge in [-0.2, -0.15) is 0 Å². The second kappa shape index (κ2) is 5.44. The number of nitrogen functional groups attached to an aromatic ring is 1. The number of pyridine rings is 1. The lowest BCUT2D eigenvalue weighted by atomic mass is 10.0. The summed E-state index contributed by atoms with van der Waals surface area (Å²) in [5, 5.41) is 4.61. The molecule has 0 bridgehead atoms. The van der Waals surface area contributed by atoms with Crippen molar-refractivity contribution >= 4 is 28.0 Å². The predicted molar refractivity (Wildman–Crippen MR) is 90.0 cm³/mol. The third-order valence-electron chi connectivity index (χ3n) is 3.62. The summed E-state index contributed by atoms with van der Waals surface area (Å²) in [4.78, 5) is 4.38. The molecule has 21 heavy (non-hydrogen) atoms. The maximum absolute atomic E-state index is 5.83. The molecular formula is C18H19N3. The van der Waals surface area contributed by atoms with Gasteiger partial charge in [-0.1, -0.05) is 32.0 Å². The van der Waals surface area contributed by atoms with Crippen molar-refractivity contribution in [2.45, 2.75) is 19.8 Å². The number of nitrogens with two attached hydrogens (primary N) is 1. The predicted octanol–water partition coefficient (Wildman–Crippen LogP) is 4.68. The standard InChI is InChI=1S/C18H19N3/c1-12(2)14-5-3-4-6-16(14)21-17-9-10-20-18-11-13(19)7-8-15(17)18/h3-12H,19H2,1-2H3,(H,20,21). The highest BCUT2D eigenvalue weighted by Gasteiger charge is 2.08. The van der Waals surface area contributed by atoms with Gasteiger partial charge < -0.3 is 11.1 Å². The number of anilines is 3. The topological polar surface area (TPSA) is 50.9 Å². The van der Waals surface area contributed by atoms with Crippen molar-refractivity contribution in [3.05, 3.63) is 60.3 Å². The van der Waals surface area contributed by atoms with Crippen molar-refractivity contribution < 1.29 is 0 Å². The number of rotatable bonds is 3. The molecule has 0 saturated heterocycles. The van der Waals surface area contributed by atoms with E-state index in [1.54, 1.807) is 0 Å². The van der Waals surface area contributed by atoms with Crippen LogP contribution in [0.2, 0.25) is 0 Å². The fraction of sp³-hybridized carbons (Fsp3) is 0.167. The van der Waals surface area contributed by atoms with Crippen LogP contribution in [-0.2, 0) is 0 Å². The van der Waals surface area contributed by atoms with E-state index in [4.69, 9.17) is 5.73 Å². The van der Waals surface area contributed by atoms with E-state index in [0.717, 1.165) is 28.0 Å². The number of nitrogens with one attached hydrogen (secondary N) is 1. The first-order chi connectivity index (χ1) is 10.1. The first-order valence-electron chi connectivity index (χ1n) is 7.15. The zero-order valence-electron chi connectivity index (χ0n) is 12.3. The Bertz CT molecular complexity index is 778. The highest BCUT2D eigenvalue weighted by Crippen LogP contribution is 2.30. The molecule has 3 nitrogen and oxygen atoms in total. The van der Waals surface area contributed by atoms with E-state index in [9.17, 15) is 0 Å². The third kappa shape index (κ3) is 2.68. The Morgan fingerprint density at radius 1 is 1.00 bits per heavy atom. The molecule has 1 aromatic heterocycles. The van der Waals surface area contributed by atoms with E-state index in [2.05, 4.69) is 48.4 Å². The first-order valence-corrected chi connectivity index (χ1v) is 7.15. The number of nitrogens with zero attached hydrogens (tertiary/aromatic N) is 1. The molecule has 0 aliphatic rings. The normalized spacial score (nSPS) is 11.0. The molecule has 3 rings (SSSR count). The molecule has 0 unspecified atom stereocenters. The Morgan fingerprint density at radius 3 is 2.62 bits per heavy atom. The van der Waals surface area contributed by atoms with Gasteiger partial charge in [0, 0.05) is 28.6 Å². The SMILES string of the molecule is CC(C)c1ccccc1Nc1ccnc2cc(N)ccc12. The van der Waals surface area contributed by atoms with Gasteiger partial charge in [-0.3, -0.25) is 4.98 Å². The van der Waals surface area contributed by atoms with Crippen molar-refractivity contribution in [2.75, 3.05) is 11.1 Å². The second-order valence-electron chi connectivity index (χ2n) is 5.50. The number of para-hydroxylation sites is 1. The third-order valence-corrected chi connectivity index (χ3v) is 3.62. The molecular weight excluding hydrogens is 258 g/mol. The highest BCUT2D eigenvalue weighted by molar-refractivity contribution is 5.94. The average Bonchev–Trinajstić information content (AvgIpc) is 2.47. The smallest absolute Gasteiger partial charge is 0.0743 e. The van der Waals surface area contributed by atoms with Gasteiger partial charge in [-0.05, 0) is 41.8 Å². The van der Waals surface area contributed by atoms with Gasteiger partial charge in [0.05, 0.1) is 5.52 Å². The van der Waals surface area contributed by atoms with Crippen LogP contribution in [-0.4, -0.2) is 4.98 Å². The maximum Gasteiger partial charge on any atom is 0.0743 e. The number of hydrogen-bond acceptors (Lipinski definition) is 3. The summed E-state index contributed by atoms with van der Waals surface area (Å²) in [6.07, 6.45) is 1.81. The minimum Gasteiger partial charge on any atom is -0.399 e. The van der Waals surface area contributed by atoms with Gasteiger partial charge in [0.2, 0.25) is 0 Å². The van der Waals surface area contributed by atoms with Crippen molar-refractivity contribution in [3.8, 4) is 0 Å². The minimum atomic E-state index is 0.470. The van der Waals surface area contributed by atoms with Gasteiger partial charge in [-0.15, -0.1) is 0 Å². The number of fused-ring (bicyclic) bond motifs is 1. The van der Waals surface area contributed by atoms with Crippen molar-refractivity contribution in [1.29, 1.82) is 0 Å². The van der Waals surface area contributed by atoms with Gasteiger partial charge in [-0.25, -0.2) is 0 Å². The lowest BCUT2D eigenvalue weighted by Crippen LogP contribution is -1.98. The van der Waals surface area contributed by atoms with Crippen LogP contribution in [0, 0.1) is 0 Å². The molecule has 1 heterocycles. The molecule has 106 valence electrons. The van der Waals surface area contributed by atoms with E-state index >= 15 is 0 Å². The molecule has 0 atom stereocenters. The molecule has 0 aliphatic carbocycles. The van der Waals surface area contributed by atoms with Crippen LogP contribution in [0.1, 0.15) is 25.3 Å². The second-order valence-corrected chi connectivity index (χ2v) is 5.50. The zero-order valence-corrected chi connectivity index (χ0v) is 12.3. The molecule has 0 fully saturated rings. The number of aromatic nitrogens is 1. The van der Waals surface area contributed by atoms with Gasteiger partial charge in [0.1, 0.15) is 0 Å². The van der Waals surface area contributed by atoms with Gasteiger partial charge >= 0.3 is 0 Å². The van der Waals surface area contributed by atoms with Crippen LogP contribution in [0.25, 0.3) is 10.9 Å². The summed E-state index contributed by atoms with van der Waals surface area (Å²) in [6, 6.07) is 16.2. The number of hydrogen-bond donors (Lipinski definition) is 2. The maximum atomic E-state index is 5.83. The van der Waals surface area contributed by atoms with Crippen LogP contribution in [0.15, 0.2) is 54.7 Å². The zero-order chi connectivity index (χ0) is 14.8. The fourth-order valence-corrected chi connectivity index (χ4v) is 2.53. The highest BCUT2D eigenvalue weighted by atomic mass is 14.9. The van der Waals surface area contributed by atoms with Crippen molar-refractivity contribution in [3.63, 3.8) is 0 Å². The average molecular weight is 277 g/mol. The monoisotopic (exact) mass is 277 g/mol. The molecule has 0 radical (unpaired) electrons. The van der Waals surface area contributed by atoms with E-state index in [1.165, 1.54) is 5.56 Å². The molecule has 3 aromatic rings. The molecule has 0 spiro atoms. The Hall–Kier alpha value is -2.55. The van der Waals surface area contributed by atoms with E-state index in [0.29, 0.717) is 5.92 Å². The van der Waals surface area contributed by atoms with Gasteiger partial charge in [0.15, 0.2) is 0 Å². The molecule has 0 aliphatic heterocycles.